The number of aromatic nitrogens is 1. The van der Waals surface area contributed by atoms with Crippen LogP contribution in [0.15, 0.2) is 24.4 Å². The summed E-state index contributed by atoms with van der Waals surface area (Å²) in [5.74, 6) is 0. The van der Waals surface area contributed by atoms with E-state index in [0.717, 1.165) is 18.7 Å². The van der Waals surface area contributed by atoms with Gasteiger partial charge < -0.3 is 15.3 Å². The maximum absolute atomic E-state index is 9.87. The summed E-state index contributed by atoms with van der Waals surface area (Å²) in [4.78, 5) is 6.46. The summed E-state index contributed by atoms with van der Waals surface area (Å²) in [7, 11) is 2.04. The highest BCUT2D eigenvalue weighted by Crippen LogP contribution is 2.18. The molecule has 1 heterocycles. The molecule has 1 unspecified atom stereocenters. The molecule has 1 saturated carbocycles. The van der Waals surface area contributed by atoms with Gasteiger partial charge in [0.25, 0.3) is 0 Å². The third-order valence-corrected chi connectivity index (χ3v) is 3.22. The van der Waals surface area contributed by atoms with Crippen LogP contribution in [0, 0.1) is 0 Å². The van der Waals surface area contributed by atoms with E-state index in [-0.39, 0.29) is 6.10 Å². The second-order valence-corrected chi connectivity index (χ2v) is 5.17. The lowest BCUT2D eigenvalue weighted by atomic mass is 10.2. The van der Waals surface area contributed by atoms with Crippen LogP contribution < -0.4 is 5.32 Å². The number of aliphatic hydroxyl groups is 1. The molecule has 1 aromatic heterocycles. The predicted octanol–water partition coefficient (Wildman–Crippen LogP) is 0.669. The van der Waals surface area contributed by atoms with Gasteiger partial charge in [-0.2, -0.15) is 0 Å². The molecule has 0 bridgehead atoms. The summed E-state index contributed by atoms with van der Waals surface area (Å²) >= 11 is 0. The monoisotopic (exact) mass is 249 g/mol. The van der Waals surface area contributed by atoms with Crippen LogP contribution in [-0.2, 0) is 6.42 Å². The predicted molar refractivity (Wildman–Crippen MR) is 72.5 cm³/mol. The van der Waals surface area contributed by atoms with Gasteiger partial charge in [-0.25, -0.2) is 0 Å². The molecule has 0 aliphatic heterocycles. The van der Waals surface area contributed by atoms with Crippen molar-refractivity contribution in [3.63, 3.8) is 0 Å². The van der Waals surface area contributed by atoms with Crippen LogP contribution in [-0.4, -0.2) is 53.8 Å². The standard InChI is InChI=1S/C14H23N3O/c1-17(9-7-12-4-2-3-8-15-12)11-14(18)10-16-13-5-6-13/h2-4,8,13-14,16,18H,5-7,9-11H2,1H3. The maximum Gasteiger partial charge on any atom is 0.0791 e. The van der Waals surface area contributed by atoms with Gasteiger partial charge >= 0.3 is 0 Å². The number of pyridine rings is 1. The van der Waals surface area contributed by atoms with Crippen LogP contribution in [0.1, 0.15) is 18.5 Å². The second kappa shape index (κ2) is 6.83. The highest BCUT2D eigenvalue weighted by molar-refractivity contribution is 5.03. The van der Waals surface area contributed by atoms with Gasteiger partial charge in [0.1, 0.15) is 0 Å². The van der Waals surface area contributed by atoms with Crippen molar-refractivity contribution >= 4 is 0 Å². The van der Waals surface area contributed by atoms with E-state index >= 15 is 0 Å². The average molecular weight is 249 g/mol. The smallest absolute Gasteiger partial charge is 0.0791 e. The van der Waals surface area contributed by atoms with Gasteiger partial charge in [0.15, 0.2) is 0 Å². The Bertz CT molecular complexity index is 340. The summed E-state index contributed by atoms with van der Waals surface area (Å²) in [6, 6.07) is 6.65. The van der Waals surface area contributed by atoms with Gasteiger partial charge in [-0.15, -0.1) is 0 Å². The molecule has 100 valence electrons. The minimum atomic E-state index is -0.278. The SMILES string of the molecule is CN(CCc1ccccn1)CC(O)CNC1CC1. The molecule has 0 saturated heterocycles. The molecule has 2 rings (SSSR count). The van der Waals surface area contributed by atoms with E-state index in [1.807, 2.05) is 31.4 Å². The van der Waals surface area contributed by atoms with Crippen molar-refractivity contribution in [1.29, 1.82) is 0 Å². The third-order valence-electron chi connectivity index (χ3n) is 3.22. The van der Waals surface area contributed by atoms with Crippen molar-refractivity contribution in [3.05, 3.63) is 30.1 Å². The largest absolute Gasteiger partial charge is 0.390 e. The van der Waals surface area contributed by atoms with E-state index in [2.05, 4.69) is 15.2 Å². The first-order chi connectivity index (χ1) is 8.74. The Balaban J connectivity index is 1.60. The summed E-state index contributed by atoms with van der Waals surface area (Å²) in [6.45, 7) is 2.35. The molecule has 0 spiro atoms. The molecule has 18 heavy (non-hydrogen) atoms. The summed E-state index contributed by atoms with van der Waals surface area (Å²) in [6.07, 6.45) is 5.01. The molecular formula is C14H23N3O. The van der Waals surface area contributed by atoms with E-state index in [1.54, 1.807) is 0 Å². The molecule has 1 aliphatic carbocycles. The zero-order valence-corrected chi connectivity index (χ0v) is 11.0. The number of likely N-dealkylation sites (N-methyl/N-ethyl adjacent to an activating group) is 1. The minimum Gasteiger partial charge on any atom is -0.390 e. The van der Waals surface area contributed by atoms with E-state index in [9.17, 15) is 5.11 Å². The number of hydrogen-bond donors (Lipinski definition) is 2. The van der Waals surface area contributed by atoms with E-state index < -0.39 is 0 Å². The maximum atomic E-state index is 9.87. The second-order valence-electron chi connectivity index (χ2n) is 5.17. The van der Waals surface area contributed by atoms with Gasteiger partial charge in [-0.3, -0.25) is 4.98 Å². The normalized spacial score (nSPS) is 17.1. The van der Waals surface area contributed by atoms with E-state index in [1.165, 1.54) is 12.8 Å². The Morgan fingerprint density at radius 2 is 2.33 bits per heavy atom. The van der Waals surface area contributed by atoms with Crippen molar-refractivity contribution < 1.29 is 5.11 Å². The molecule has 4 heteroatoms. The Hall–Kier alpha value is -0.970. The third kappa shape index (κ3) is 5.12. The summed E-state index contributed by atoms with van der Waals surface area (Å²) in [5.41, 5.74) is 1.11. The first-order valence-electron chi connectivity index (χ1n) is 6.74. The number of aliphatic hydroxyl groups excluding tert-OH is 1. The number of rotatable bonds is 8. The molecule has 0 aromatic carbocycles. The van der Waals surface area contributed by atoms with Crippen molar-refractivity contribution in [2.45, 2.75) is 31.4 Å². The van der Waals surface area contributed by atoms with Crippen LogP contribution in [0.2, 0.25) is 0 Å². The van der Waals surface area contributed by atoms with Crippen molar-refractivity contribution in [3.8, 4) is 0 Å². The quantitative estimate of drug-likeness (QED) is 0.711. The topological polar surface area (TPSA) is 48.4 Å². The lowest BCUT2D eigenvalue weighted by Crippen LogP contribution is -2.38. The van der Waals surface area contributed by atoms with Crippen LogP contribution in [0.5, 0.6) is 0 Å². The minimum absolute atomic E-state index is 0.278. The van der Waals surface area contributed by atoms with Crippen molar-refractivity contribution in [2.24, 2.45) is 0 Å². The Morgan fingerprint density at radius 3 is 3.00 bits per heavy atom. The highest BCUT2D eigenvalue weighted by atomic mass is 16.3. The summed E-state index contributed by atoms with van der Waals surface area (Å²) < 4.78 is 0. The van der Waals surface area contributed by atoms with E-state index in [0.29, 0.717) is 19.1 Å². The molecule has 4 nitrogen and oxygen atoms in total. The molecule has 1 aromatic rings. The molecule has 0 amide bonds. The van der Waals surface area contributed by atoms with Crippen LogP contribution in [0.4, 0.5) is 0 Å². The lowest BCUT2D eigenvalue weighted by molar-refractivity contribution is 0.124. The Labute approximate surface area is 109 Å². The molecule has 0 radical (unpaired) electrons. The zero-order chi connectivity index (χ0) is 12.8. The molecule has 1 aliphatic rings. The number of hydrogen-bond acceptors (Lipinski definition) is 4. The lowest BCUT2D eigenvalue weighted by Gasteiger charge is -2.20. The molecule has 1 fully saturated rings. The Morgan fingerprint density at radius 1 is 1.50 bits per heavy atom. The molecule has 2 N–H and O–H groups in total. The van der Waals surface area contributed by atoms with E-state index in [4.69, 9.17) is 0 Å². The highest BCUT2D eigenvalue weighted by Gasteiger charge is 2.21. The fraction of sp³-hybridized carbons (Fsp3) is 0.643. The van der Waals surface area contributed by atoms with Gasteiger partial charge in [0, 0.05) is 44.0 Å². The van der Waals surface area contributed by atoms with Crippen LogP contribution >= 0.6 is 0 Å². The van der Waals surface area contributed by atoms with Gasteiger partial charge in [-0.1, -0.05) is 6.07 Å². The molecular weight excluding hydrogens is 226 g/mol. The van der Waals surface area contributed by atoms with Crippen LogP contribution in [0.25, 0.3) is 0 Å². The zero-order valence-electron chi connectivity index (χ0n) is 11.0. The summed E-state index contributed by atoms with van der Waals surface area (Å²) in [5, 5.41) is 13.2. The van der Waals surface area contributed by atoms with Gasteiger partial charge in [0.2, 0.25) is 0 Å². The first-order valence-corrected chi connectivity index (χ1v) is 6.74. The Kier molecular flexibility index (Phi) is 5.11. The molecule has 1 atom stereocenters. The van der Waals surface area contributed by atoms with Gasteiger partial charge in [0.05, 0.1) is 6.10 Å². The number of nitrogens with zero attached hydrogens (tertiary/aromatic N) is 2. The fourth-order valence-corrected chi connectivity index (χ4v) is 1.96. The van der Waals surface area contributed by atoms with Crippen LogP contribution in [0.3, 0.4) is 0 Å². The van der Waals surface area contributed by atoms with Crippen molar-refractivity contribution in [2.75, 3.05) is 26.7 Å². The number of nitrogens with one attached hydrogen (secondary N) is 1. The first kappa shape index (κ1) is 13.5. The van der Waals surface area contributed by atoms with Crippen molar-refractivity contribution in [1.82, 2.24) is 15.2 Å². The van der Waals surface area contributed by atoms with Gasteiger partial charge in [-0.05, 0) is 32.0 Å². The average Bonchev–Trinajstić information content (AvgIpc) is 3.19. The fourth-order valence-electron chi connectivity index (χ4n) is 1.96.